The smallest absolute Gasteiger partial charge is 0.227 e. The lowest BCUT2D eigenvalue weighted by molar-refractivity contribution is -0.135. The number of nitrogens with one attached hydrogen (secondary N) is 1. The number of rotatable bonds is 5. The summed E-state index contributed by atoms with van der Waals surface area (Å²) in [5, 5.41) is 20.8. The van der Waals surface area contributed by atoms with Gasteiger partial charge in [0.25, 0.3) is 0 Å². The van der Waals surface area contributed by atoms with E-state index in [1.165, 1.54) is 4.31 Å². The summed E-state index contributed by atoms with van der Waals surface area (Å²) in [7, 11) is -3.73. The summed E-state index contributed by atoms with van der Waals surface area (Å²) in [5.74, 6) is -1.57. The molecule has 0 spiro atoms. The van der Waals surface area contributed by atoms with Crippen molar-refractivity contribution in [1.82, 2.24) is 9.62 Å². The summed E-state index contributed by atoms with van der Waals surface area (Å²) in [6, 6.07) is 1.43. The molecule has 3 aliphatic carbocycles. The molecule has 0 radical (unpaired) electrons. The number of carbonyl (C=O) groups is 1. The van der Waals surface area contributed by atoms with Crippen LogP contribution < -0.4 is 5.32 Å². The summed E-state index contributed by atoms with van der Waals surface area (Å²) in [5.41, 5.74) is 0. The van der Waals surface area contributed by atoms with Gasteiger partial charge in [-0.25, -0.2) is 12.8 Å². The Balaban J connectivity index is 1.49. The first-order chi connectivity index (χ1) is 16.2. The lowest BCUT2D eigenvalue weighted by Crippen LogP contribution is -2.63. The second kappa shape index (κ2) is 11.0. The predicted octanol–water partition coefficient (Wildman–Crippen LogP) is 2.24. The fourth-order valence-electron chi connectivity index (χ4n) is 6.18. The first-order valence-corrected chi connectivity index (χ1v) is 14.4. The van der Waals surface area contributed by atoms with Gasteiger partial charge in [-0.15, -0.1) is 11.6 Å². The Labute approximate surface area is 206 Å². The third-order valence-corrected chi connectivity index (χ3v) is 10.9. The lowest BCUT2D eigenvalue weighted by atomic mass is 9.84. The Bertz CT molecular complexity index is 876. The van der Waals surface area contributed by atoms with Gasteiger partial charge in [0.1, 0.15) is 6.17 Å². The highest BCUT2D eigenvalue weighted by molar-refractivity contribution is 7.89. The van der Waals surface area contributed by atoms with Crippen molar-refractivity contribution in [2.75, 3.05) is 13.2 Å². The van der Waals surface area contributed by atoms with Gasteiger partial charge in [-0.1, -0.05) is 6.42 Å². The van der Waals surface area contributed by atoms with Crippen LogP contribution in [0.4, 0.5) is 4.39 Å². The molecule has 0 aromatic carbocycles. The van der Waals surface area contributed by atoms with E-state index in [9.17, 15) is 28.0 Å². The van der Waals surface area contributed by atoms with Crippen LogP contribution in [0.5, 0.6) is 0 Å². The quantitative estimate of drug-likeness (QED) is 0.537. The molecule has 34 heavy (non-hydrogen) atoms. The maximum Gasteiger partial charge on any atom is 0.227 e. The van der Waals surface area contributed by atoms with E-state index >= 15 is 0 Å². The van der Waals surface area contributed by atoms with Crippen LogP contribution in [0.25, 0.3) is 0 Å². The zero-order valence-corrected chi connectivity index (χ0v) is 20.9. The van der Waals surface area contributed by atoms with E-state index in [0.717, 1.165) is 0 Å². The van der Waals surface area contributed by atoms with Gasteiger partial charge in [0.15, 0.2) is 0 Å². The molecule has 0 aromatic heterocycles. The first-order valence-electron chi connectivity index (χ1n) is 12.5. The monoisotopic (exact) mass is 519 g/mol. The van der Waals surface area contributed by atoms with Crippen molar-refractivity contribution in [3.8, 4) is 6.07 Å². The second-order valence-corrected chi connectivity index (χ2v) is 13.0. The Morgan fingerprint density at radius 1 is 1.18 bits per heavy atom. The minimum Gasteiger partial charge on any atom is -0.394 e. The van der Waals surface area contributed by atoms with Gasteiger partial charge in [0, 0.05) is 23.9 Å². The Hall–Kier alpha value is -0.990. The molecule has 4 aliphatic rings. The van der Waals surface area contributed by atoms with Gasteiger partial charge in [0.05, 0.1) is 42.1 Å². The molecule has 0 bridgehead atoms. The second-order valence-electron chi connectivity index (χ2n) is 10.3. The number of alkyl halides is 2. The van der Waals surface area contributed by atoms with Crippen LogP contribution in [0.3, 0.4) is 0 Å². The zero-order valence-electron chi connectivity index (χ0n) is 19.3. The van der Waals surface area contributed by atoms with Gasteiger partial charge >= 0.3 is 0 Å². The molecule has 2 N–H and O–H groups in total. The van der Waals surface area contributed by atoms with E-state index in [2.05, 4.69) is 11.4 Å². The number of nitriles is 1. The number of hydrogen-bond acceptors (Lipinski definition) is 6. The Morgan fingerprint density at radius 2 is 1.94 bits per heavy atom. The Morgan fingerprint density at radius 3 is 2.65 bits per heavy atom. The van der Waals surface area contributed by atoms with Crippen LogP contribution in [-0.2, 0) is 19.6 Å². The number of ether oxygens (including phenoxy) is 1. The average Bonchev–Trinajstić information content (AvgIpc) is 2.83. The number of nitrogens with zero attached hydrogens (tertiary/aromatic N) is 2. The van der Waals surface area contributed by atoms with E-state index in [0.29, 0.717) is 64.2 Å². The van der Waals surface area contributed by atoms with Crippen LogP contribution in [0.2, 0.25) is 0 Å². The van der Waals surface area contributed by atoms with E-state index in [1.54, 1.807) is 0 Å². The molecule has 1 aliphatic heterocycles. The van der Waals surface area contributed by atoms with E-state index in [-0.39, 0.29) is 31.2 Å². The number of aliphatic hydroxyl groups excluding tert-OH is 1. The maximum absolute atomic E-state index is 14.4. The minimum absolute atomic E-state index is 0.0489. The fraction of sp³-hybridized carbons (Fsp3) is 0.913. The third kappa shape index (κ3) is 5.39. The number of amides is 1. The predicted molar refractivity (Wildman–Crippen MR) is 124 cm³/mol. The van der Waals surface area contributed by atoms with E-state index < -0.39 is 50.8 Å². The third-order valence-electron chi connectivity index (χ3n) is 8.02. The summed E-state index contributed by atoms with van der Waals surface area (Å²) in [4.78, 5) is 12.9. The topological polar surface area (TPSA) is 120 Å². The minimum atomic E-state index is -3.73. The van der Waals surface area contributed by atoms with Gasteiger partial charge in [0.2, 0.25) is 15.9 Å². The van der Waals surface area contributed by atoms with Crippen LogP contribution >= 0.6 is 11.6 Å². The number of hydrogen-bond donors (Lipinski definition) is 2. The number of fused-ring (bicyclic) bond motifs is 1. The molecule has 8 nitrogen and oxygen atoms in total. The molecule has 11 heteroatoms. The maximum atomic E-state index is 14.4. The van der Waals surface area contributed by atoms with Gasteiger partial charge < -0.3 is 15.2 Å². The molecule has 3 saturated carbocycles. The van der Waals surface area contributed by atoms with Gasteiger partial charge in [-0.05, 0) is 57.8 Å². The molecule has 1 saturated heterocycles. The SMILES string of the molecule is N#CC1CCCC(S(=O)(=O)N2C[C@@H](CO)OC3CCC(NC(=O)C4C(F)CCCC4Cl)CC32)C1. The number of aliphatic hydroxyl groups is 1. The lowest BCUT2D eigenvalue weighted by Gasteiger charge is -2.49. The van der Waals surface area contributed by atoms with Crippen LogP contribution in [0, 0.1) is 23.2 Å². The number of carbonyl (C=O) groups excluding carboxylic acids is 1. The largest absolute Gasteiger partial charge is 0.394 e. The van der Waals surface area contributed by atoms with E-state index in [1.807, 2.05) is 0 Å². The van der Waals surface area contributed by atoms with Crippen molar-refractivity contribution >= 4 is 27.5 Å². The zero-order chi connectivity index (χ0) is 24.5. The molecule has 1 amide bonds. The highest BCUT2D eigenvalue weighted by atomic mass is 35.5. The molecular formula is C23H35ClFN3O5S. The summed E-state index contributed by atoms with van der Waals surface area (Å²) < 4.78 is 49.3. The summed E-state index contributed by atoms with van der Waals surface area (Å²) in [6.45, 7) is -0.231. The number of halogens is 2. The normalized spacial score (nSPS) is 41.8. The summed E-state index contributed by atoms with van der Waals surface area (Å²) in [6.07, 6.45) is 3.02. The van der Waals surface area contributed by atoms with Crippen molar-refractivity contribution in [2.24, 2.45) is 11.8 Å². The van der Waals surface area contributed by atoms with Crippen molar-refractivity contribution < 1.29 is 27.4 Å². The molecule has 4 fully saturated rings. The van der Waals surface area contributed by atoms with Crippen molar-refractivity contribution in [3.63, 3.8) is 0 Å². The number of morpholine rings is 1. The van der Waals surface area contributed by atoms with Crippen LogP contribution in [0.15, 0.2) is 0 Å². The number of sulfonamides is 1. The average molecular weight is 520 g/mol. The van der Waals surface area contributed by atoms with Crippen molar-refractivity contribution in [3.05, 3.63) is 0 Å². The molecule has 192 valence electrons. The van der Waals surface area contributed by atoms with Crippen LogP contribution in [0.1, 0.15) is 64.2 Å². The highest BCUT2D eigenvalue weighted by Crippen LogP contribution is 2.38. The standard InChI is InChI=1S/C23H35ClFN3O5S/c24-18-5-2-6-19(25)22(18)23(30)27-15-7-8-21-20(10-15)28(12-16(13-29)33-21)34(31,32)17-4-1-3-14(9-17)11-26/h14-22,29H,1-10,12-13H2,(H,27,30)/t14?,15?,16-,17?,18?,19?,20?,21?,22?/m0/s1. The summed E-state index contributed by atoms with van der Waals surface area (Å²) >= 11 is 6.27. The van der Waals surface area contributed by atoms with Crippen molar-refractivity contribution in [1.29, 1.82) is 5.26 Å². The molecular weight excluding hydrogens is 485 g/mol. The fourth-order valence-corrected chi connectivity index (χ4v) is 8.90. The molecule has 4 rings (SSSR count). The first kappa shape index (κ1) is 26.1. The molecule has 0 aromatic rings. The Kier molecular flexibility index (Phi) is 8.40. The molecule has 8 unspecified atom stereocenters. The highest BCUT2D eigenvalue weighted by Gasteiger charge is 2.49. The van der Waals surface area contributed by atoms with E-state index in [4.69, 9.17) is 16.3 Å². The van der Waals surface area contributed by atoms with Gasteiger partial charge in [-0.3, -0.25) is 4.79 Å². The van der Waals surface area contributed by atoms with Crippen LogP contribution in [-0.4, -0.2) is 78.0 Å². The molecule has 1 heterocycles. The van der Waals surface area contributed by atoms with Gasteiger partial charge in [-0.2, -0.15) is 9.57 Å². The van der Waals surface area contributed by atoms with Crippen molar-refractivity contribution in [2.45, 2.75) is 105 Å². The molecule has 9 atom stereocenters.